The van der Waals surface area contributed by atoms with Crippen molar-refractivity contribution in [1.82, 2.24) is 9.97 Å². The van der Waals surface area contributed by atoms with E-state index in [0.29, 0.717) is 29.1 Å². The van der Waals surface area contributed by atoms with Crippen LogP contribution >= 0.6 is 0 Å². The molecular weight excluding hydrogens is 526 g/mol. The summed E-state index contributed by atoms with van der Waals surface area (Å²) in [6.45, 7) is 4.51. The zero-order valence-electron chi connectivity index (χ0n) is 21.9. The van der Waals surface area contributed by atoms with E-state index in [0.717, 1.165) is 10.5 Å². The van der Waals surface area contributed by atoms with Gasteiger partial charge in [0, 0.05) is 44.2 Å². The van der Waals surface area contributed by atoms with E-state index < -0.39 is 40.4 Å². The Morgan fingerprint density at radius 3 is 1.97 bits per heavy atom. The van der Waals surface area contributed by atoms with Crippen LogP contribution in [0.4, 0.5) is 37.8 Å². The Bertz CT molecular complexity index is 1320. The number of halogens is 6. The van der Waals surface area contributed by atoms with E-state index in [-0.39, 0.29) is 24.9 Å². The van der Waals surface area contributed by atoms with E-state index in [9.17, 15) is 36.2 Å². The van der Waals surface area contributed by atoms with Gasteiger partial charge in [-0.25, -0.2) is 4.98 Å². The smallest absolute Gasteiger partial charge is 0.395 e. The third-order valence-corrected chi connectivity index (χ3v) is 6.53. The Hall–Kier alpha value is -3.67. The van der Waals surface area contributed by atoms with Gasteiger partial charge < -0.3 is 14.9 Å². The summed E-state index contributed by atoms with van der Waals surface area (Å²) in [7, 11) is 3.09. The van der Waals surface area contributed by atoms with Crippen LogP contribution in [0.3, 0.4) is 0 Å². The number of nitrogens with zero attached hydrogens (tertiary/aromatic N) is 4. The lowest BCUT2D eigenvalue weighted by atomic mass is 9.81. The van der Waals surface area contributed by atoms with E-state index >= 15 is 0 Å². The van der Waals surface area contributed by atoms with E-state index in [1.165, 1.54) is 27.1 Å². The van der Waals surface area contributed by atoms with Crippen molar-refractivity contribution in [3.05, 3.63) is 71.2 Å². The van der Waals surface area contributed by atoms with Crippen molar-refractivity contribution in [3.63, 3.8) is 0 Å². The highest BCUT2D eigenvalue weighted by Gasteiger charge is 2.41. The highest BCUT2D eigenvalue weighted by molar-refractivity contribution is 6.03. The molecule has 0 saturated heterocycles. The van der Waals surface area contributed by atoms with Gasteiger partial charge in [0.05, 0.1) is 35.0 Å². The summed E-state index contributed by atoms with van der Waals surface area (Å²) in [5, 5.41) is 9.31. The molecule has 3 aromatic rings. The molecule has 210 valence electrons. The Balaban J connectivity index is 2.15. The lowest BCUT2D eigenvalue weighted by molar-refractivity contribution is -0.143. The first kappa shape index (κ1) is 29.9. The van der Waals surface area contributed by atoms with Crippen molar-refractivity contribution in [2.45, 2.75) is 38.5 Å². The van der Waals surface area contributed by atoms with Crippen LogP contribution in [0, 0.1) is 6.92 Å². The highest BCUT2D eigenvalue weighted by atomic mass is 19.4. The maximum atomic E-state index is 13.8. The fourth-order valence-corrected chi connectivity index (χ4v) is 4.11. The number of carbonyl (C=O) groups excluding carboxylic acids is 1. The topological polar surface area (TPSA) is 69.6 Å². The molecule has 0 spiro atoms. The fourth-order valence-electron chi connectivity index (χ4n) is 4.11. The highest BCUT2D eigenvalue weighted by Crippen LogP contribution is 2.41. The number of aryl methyl sites for hydroxylation is 1. The number of benzene rings is 1. The number of aliphatic hydroxyl groups is 1. The predicted octanol–water partition coefficient (Wildman–Crippen LogP) is 5.86. The van der Waals surface area contributed by atoms with Crippen molar-refractivity contribution in [2.24, 2.45) is 0 Å². The monoisotopic (exact) mass is 554 g/mol. The predicted molar refractivity (Wildman–Crippen MR) is 135 cm³/mol. The number of pyridine rings is 2. The summed E-state index contributed by atoms with van der Waals surface area (Å²) in [5.74, 6) is -0.283. The Labute approximate surface area is 221 Å². The van der Waals surface area contributed by atoms with Crippen LogP contribution in [0.25, 0.3) is 11.1 Å². The number of aromatic nitrogens is 2. The molecule has 3 rings (SSSR count). The van der Waals surface area contributed by atoms with Crippen LogP contribution in [0.5, 0.6) is 0 Å². The van der Waals surface area contributed by atoms with Gasteiger partial charge in [-0.3, -0.25) is 9.78 Å². The van der Waals surface area contributed by atoms with Crippen LogP contribution in [0.1, 0.15) is 36.1 Å². The number of aliphatic hydroxyl groups excluding tert-OH is 1. The summed E-state index contributed by atoms with van der Waals surface area (Å²) in [4.78, 5) is 25.1. The zero-order chi connectivity index (χ0) is 29.3. The number of likely N-dealkylation sites (N-methyl/N-ethyl adjacent to an activating group) is 2. The maximum absolute atomic E-state index is 13.8. The van der Waals surface area contributed by atoms with Gasteiger partial charge in [0.15, 0.2) is 0 Å². The van der Waals surface area contributed by atoms with Crippen LogP contribution < -0.4 is 9.80 Å². The quantitative estimate of drug-likeness (QED) is 0.371. The first-order valence-electron chi connectivity index (χ1n) is 11.8. The number of alkyl halides is 6. The van der Waals surface area contributed by atoms with Crippen molar-refractivity contribution in [3.8, 4) is 11.1 Å². The second kappa shape index (κ2) is 10.8. The first-order valence-corrected chi connectivity index (χ1v) is 11.8. The van der Waals surface area contributed by atoms with E-state index in [2.05, 4.69) is 9.97 Å². The minimum absolute atomic E-state index is 0.0303. The Kier molecular flexibility index (Phi) is 8.30. The van der Waals surface area contributed by atoms with Gasteiger partial charge in [-0.1, -0.05) is 0 Å². The minimum Gasteiger partial charge on any atom is -0.395 e. The Morgan fingerprint density at radius 2 is 1.46 bits per heavy atom. The molecule has 1 N–H and O–H groups in total. The minimum atomic E-state index is -5.05. The molecule has 0 fully saturated rings. The van der Waals surface area contributed by atoms with Gasteiger partial charge in [-0.15, -0.1) is 0 Å². The SMILES string of the molecule is Cc1ccncc1-c1cc(N(C)CCO)ncc1N(C)C(=O)C(C)(C)c1cc(C(F)(F)F)cc(C(F)(F)F)c1. The van der Waals surface area contributed by atoms with Gasteiger partial charge in [-0.2, -0.15) is 26.3 Å². The number of rotatable bonds is 7. The van der Waals surface area contributed by atoms with Gasteiger partial charge in [0.1, 0.15) is 5.82 Å². The maximum Gasteiger partial charge on any atom is 0.416 e. The number of hydrogen-bond acceptors (Lipinski definition) is 5. The van der Waals surface area contributed by atoms with Crippen molar-refractivity contribution in [1.29, 1.82) is 0 Å². The zero-order valence-corrected chi connectivity index (χ0v) is 21.9. The lowest BCUT2D eigenvalue weighted by Gasteiger charge is -2.32. The molecule has 0 bridgehead atoms. The van der Waals surface area contributed by atoms with Gasteiger partial charge in [0.25, 0.3) is 0 Å². The third kappa shape index (κ3) is 6.32. The van der Waals surface area contributed by atoms with Crippen molar-refractivity contribution >= 4 is 17.4 Å². The van der Waals surface area contributed by atoms with Crippen molar-refractivity contribution < 1.29 is 36.2 Å². The normalized spacial score (nSPS) is 12.4. The molecule has 2 heterocycles. The molecule has 0 saturated carbocycles. The number of anilines is 2. The summed E-state index contributed by atoms with van der Waals surface area (Å²) < 4.78 is 80.9. The van der Waals surface area contributed by atoms with Gasteiger partial charge in [-0.05, 0) is 62.2 Å². The average molecular weight is 555 g/mol. The van der Waals surface area contributed by atoms with Crippen molar-refractivity contribution in [2.75, 3.05) is 37.0 Å². The largest absolute Gasteiger partial charge is 0.416 e. The van der Waals surface area contributed by atoms with Gasteiger partial charge >= 0.3 is 12.4 Å². The summed E-state index contributed by atoms with van der Waals surface area (Å²) in [6, 6.07) is 4.60. The molecule has 0 aliphatic heterocycles. The summed E-state index contributed by atoms with van der Waals surface area (Å²) in [6.07, 6.45) is -5.54. The Morgan fingerprint density at radius 1 is 0.897 bits per heavy atom. The lowest BCUT2D eigenvalue weighted by Crippen LogP contribution is -2.42. The molecule has 0 aliphatic rings. The number of amides is 1. The molecular formula is C27H28F6N4O2. The number of hydrogen-bond donors (Lipinski definition) is 1. The van der Waals surface area contributed by atoms with Gasteiger partial charge in [0.2, 0.25) is 5.91 Å². The second-order valence-corrected chi connectivity index (χ2v) is 9.68. The number of carbonyl (C=O) groups is 1. The standard InChI is InChI=1S/C27H28F6N4O2/c1-16-6-7-34-14-21(16)20-13-23(36(4)8-9-38)35-15-22(20)37(5)24(39)25(2,3)17-10-18(26(28,29)30)12-19(11-17)27(31,32)33/h6-7,10-15,38H,8-9H2,1-5H3. The van der Waals surface area contributed by atoms with Crippen LogP contribution in [-0.2, 0) is 22.6 Å². The molecule has 12 heteroatoms. The third-order valence-electron chi connectivity index (χ3n) is 6.53. The van der Waals surface area contributed by atoms with E-state index in [1.54, 1.807) is 36.5 Å². The van der Waals surface area contributed by atoms with Crippen LogP contribution in [0.2, 0.25) is 0 Å². The first-order chi connectivity index (χ1) is 18.0. The second-order valence-electron chi connectivity index (χ2n) is 9.68. The molecule has 0 atom stereocenters. The summed E-state index contributed by atoms with van der Waals surface area (Å²) >= 11 is 0. The molecule has 6 nitrogen and oxygen atoms in total. The molecule has 1 amide bonds. The molecule has 2 aromatic heterocycles. The van der Waals surface area contributed by atoms with Crippen LogP contribution in [-0.4, -0.2) is 48.2 Å². The van der Waals surface area contributed by atoms with E-state index in [1.807, 2.05) is 6.92 Å². The molecule has 1 aromatic carbocycles. The van der Waals surface area contributed by atoms with E-state index in [4.69, 9.17) is 0 Å². The average Bonchev–Trinajstić information content (AvgIpc) is 2.86. The molecule has 0 aliphatic carbocycles. The molecule has 0 radical (unpaired) electrons. The molecule has 0 unspecified atom stereocenters. The fraction of sp³-hybridized carbons (Fsp3) is 0.370. The summed E-state index contributed by atoms with van der Waals surface area (Å²) in [5.41, 5.74) is -2.99. The molecule has 39 heavy (non-hydrogen) atoms. The van der Waals surface area contributed by atoms with Crippen LogP contribution in [0.15, 0.2) is 48.9 Å².